The lowest BCUT2D eigenvalue weighted by atomic mass is 9.92. The van der Waals surface area contributed by atoms with E-state index in [4.69, 9.17) is 4.74 Å². The van der Waals surface area contributed by atoms with Crippen LogP contribution in [0.4, 0.5) is 4.79 Å². The van der Waals surface area contributed by atoms with E-state index in [2.05, 4.69) is 11.8 Å². The Morgan fingerprint density at radius 2 is 1.65 bits per heavy atom. The van der Waals surface area contributed by atoms with Gasteiger partial charge in [0.2, 0.25) is 0 Å². The molecule has 1 amide bonds. The minimum absolute atomic E-state index is 0.0116. The second-order valence-electron chi connectivity index (χ2n) is 7.55. The van der Waals surface area contributed by atoms with E-state index in [-0.39, 0.29) is 23.8 Å². The number of amides is 1. The van der Waals surface area contributed by atoms with Crippen molar-refractivity contribution in [2.24, 2.45) is 5.92 Å². The summed E-state index contributed by atoms with van der Waals surface area (Å²) >= 11 is 0. The van der Waals surface area contributed by atoms with Gasteiger partial charge in [-0.15, -0.1) is 0 Å². The van der Waals surface area contributed by atoms with Gasteiger partial charge in [-0.25, -0.2) is 4.79 Å². The van der Waals surface area contributed by atoms with E-state index in [1.165, 1.54) is 0 Å². The first-order valence-electron chi connectivity index (χ1n) is 9.03. The summed E-state index contributed by atoms with van der Waals surface area (Å²) in [6.45, 7) is 13.1. The first kappa shape index (κ1) is 21.8. The smallest absolute Gasteiger partial charge is 0.401 e. The average molecular weight is 357 g/mol. The number of benzene rings is 1. The quantitative estimate of drug-likeness (QED) is 0.620. The van der Waals surface area contributed by atoms with Gasteiger partial charge in [-0.05, 0) is 65.7 Å². The molecule has 1 atom stereocenters. The molecule has 0 unspecified atom stereocenters. The van der Waals surface area contributed by atoms with Gasteiger partial charge in [0.15, 0.2) is 5.76 Å². The third-order valence-electron chi connectivity index (χ3n) is 4.14. The topological polar surface area (TPSA) is 49.8 Å². The first-order chi connectivity index (χ1) is 12.0. The largest absolute Gasteiger partial charge is 0.416 e. The predicted octanol–water partition coefficient (Wildman–Crippen LogP) is 4.58. The Balaban J connectivity index is 3.15. The van der Waals surface area contributed by atoms with Crippen LogP contribution in [-0.2, 0) is 4.74 Å². The molecule has 0 heterocycles. The third kappa shape index (κ3) is 6.93. The number of carbonyl (C=O) groups is 1. The lowest BCUT2D eigenvalue weighted by Crippen LogP contribution is -2.42. The molecule has 0 saturated heterocycles. The van der Waals surface area contributed by atoms with Crippen LogP contribution < -0.4 is 0 Å². The number of allylic oxidation sites excluding steroid dienone is 1. The molecule has 0 aliphatic heterocycles. The molecule has 0 fully saturated rings. The second kappa shape index (κ2) is 9.45. The Kier molecular flexibility index (Phi) is 7.92. The van der Waals surface area contributed by atoms with Crippen molar-refractivity contribution >= 4 is 6.09 Å². The van der Waals surface area contributed by atoms with Gasteiger partial charge in [0, 0.05) is 23.6 Å². The van der Waals surface area contributed by atoms with Crippen LogP contribution in [0, 0.1) is 17.8 Å². The van der Waals surface area contributed by atoms with Gasteiger partial charge in [-0.1, -0.05) is 31.0 Å². The molecule has 4 nitrogen and oxygen atoms in total. The molecule has 0 spiro atoms. The molecule has 0 saturated carbocycles. The fourth-order valence-corrected chi connectivity index (χ4v) is 2.35. The molecule has 0 aliphatic carbocycles. The molecule has 0 aliphatic rings. The molecular formula is C22H31NO3. The molecule has 0 bridgehead atoms. The van der Waals surface area contributed by atoms with E-state index in [0.29, 0.717) is 0 Å². The highest BCUT2D eigenvalue weighted by Crippen LogP contribution is 2.20. The number of nitrogens with zero attached hydrogens (tertiary/aromatic N) is 1. The highest BCUT2D eigenvalue weighted by molar-refractivity contribution is 5.70. The Hall–Kier alpha value is -2.25. The summed E-state index contributed by atoms with van der Waals surface area (Å²) in [6, 6.07) is 9.52. The van der Waals surface area contributed by atoms with E-state index in [9.17, 15) is 9.90 Å². The summed E-state index contributed by atoms with van der Waals surface area (Å²) in [5.74, 6) is 5.96. The van der Waals surface area contributed by atoms with Gasteiger partial charge in [-0.2, -0.15) is 0 Å². The van der Waals surface area contributed by atoms with Crippen LogP contribution in [0.3, 0.4) is 0 Å². The summed E-state index contributed by atoms with van der Waals surface area (Å²) in [7, 11) is 0. The highest BCUT2D eigenvalue weighted by atomic mass is 16.6. The maximum atomic E-state index is 12.6. The predicted molar refractivity (Wildman–Crippen MR) is 105 cm³/mol. The normalized spacial score (nSPS) is 13.2. The first-order valence-corrected chi connectivity index (χ1v) is 9.03. The number of hydrogen-bond donors (Lipinski definition) is 1. The molecule has 1 aromatic carbocycles. The van der Waals surface area contributed by atoms with Crippen LogP contribution in [-0.4, -0.2) is 33.8 Å². The van der Waals surface area contributed by atoms with Crippen molar-refractivity contribution in [1.82, 2.24) is 4.90 Å². The van der Waals surface area contributed by atoms with Gasteiger partial charge in [-0.3, -0.25) is 0 Å². The monoisotopic (exact) mass is 357 g/mol. The molecule has 142 valence electrons. The molecule has 0 radical (unpaired) electrons. The fraction of sp³-hybridized carbons (Fsp3) is 0.500. The van der Waals surface area contributed by atoms with E-state index in [0.717, 1.165) is 5.56 Å². The Bertz CT molecular complexity index is 665. The number of ether oxygens (including phenoxy) is 1. The van der Waals surface area contributed by atoms with Crippen molar-refractivity contribution < 1.29 is 14.6 Å². The standard InChI is InChI=1S/C22H31NO3/c1-16(2)23(17(3)4)21(24)26-20(15-18(5)22(6,7)25)14-13-19-11-9-8-10-12-19/h8-12,15-18,25H,1-7H3/b20-15-/t18-/m0/s1. The van der Waals surface area contributed by atoms with Crippen molar-refractivity contribution in [3.05, 3.63) is 47.7 Å². The number of carbonyl (C=O) groups excluding carboxylic acids is 1. The van der Waals surface area contributed by atoms with Crippen molar-refractivity contribution in [2.45, 2.75) is 66.2 Å². The van der Waals surface area contributed by atoms with Gasteiger partial charge in [0.05, 0.1) is 5.60 Å². The zero-order chi connectivity index (χ0) is 19.9. The molecule has 1 aromatic rings. The Morgan fingerprint density at radius 3 is 2.12 bits per heavy atom. The molecule has 0 aromatic heterocycles. The van der Waals surface area contributed by atoms with Gasteiger partial charge in [0.1, 0.15) is 0 Å². The highest BCUT2D eigenvalue weighted by Gasteiger charge is 2.25. The number of aliphatic hydroxyl groups is 1. The van der Waals surface area contributed by atoms with Crippen LogP contribution in [0.15, 0.2) is 42.2 Å². The fourth-order valence-electron chi connectivity index (χ4n) is 2.35. The van der Waals surface area contributed by atoms with Crippen LogP contribution >= 0.6 is 0 Å². The Labute approximate surface area is 157 Å². The van der Waals surface area contributed by atoms with E-state index in [1.807, 2.05) is 65.0 Å². The van der Waals surface area contributed by atoms with Crippen molar-refractivity contribution in [2.75, 3.05) is 0 Å². The number of rotatable bonds is 5. The van der Waals surface area contributed by atoms with Crippen molar-refractivity contribution in [3.63, 3.8) is 0 Å². The maximum Gasteiger partial charge on any atom is 0.416 e. The van der Waals surface area contributed by atoms with E-state index >= 15 is 0 Å². The number of hydrogen-bond acceptors (Lipinski definition) is 3. The average Bonchev–Trinajstić information content (AvgIpc) is 2.51. The minimum Gasteiger partial charge on any atom is -0.401 e. The van der Waals surface area contributed by atoms with E-state index < -0.39 is 11.7 Å². The summed E-state index contributed by atoms with van der Waals surface area (Å²) in [5.41, 5.74) is -0.114. The molecular weight excluding hydrogens is 326 g/mol. The molecule has 26 heavy (non-hydrogen) atoms. The summed E-state index contributed by atoms with van der Waals surface area (Å²) in [6.07, 6.45) is 1.26. The third-order valence-corrected chi connectivity index (χ3v) is 4.14. The van der Waals surface area contributed by atoms with E-state index in [1.54, 1.807) is 24.8 Å². The van der Waals surface area contributed by atoms with Crippen molar-refractivity contribution in [3.8, 4) is 11.8 Å². The van der Waals surface area contributed by atoms with Crippen LogP contribution in [0.25, 0.3) is 0 Å². The lowest BCUT2D eigenvalue weighted by molar-refractivity contribution is 0.0421. The van der Waals surface area contributed by atoms with Crippen molar-refractivity contribution in [1.29, 1.82) is 0 Å². The molecule has 4 heteroatoms. The second-order valence-corrected chi connectivity index (χ2v) is 7.55. The summed E-state index contributed by atoms with van der Waals surface area (Å²) in [5, 5.41) is 10.2. The van der Waals surface area contributed by atoms with Gasteiger partial charge >= 0.3 is 6.09 Å². The van der Waals surface area contributed by atoms with Crippen LogP contribution in [0.5, 0.6) is 0 Å². The SMILES string of the molecule is CC(C)N(C(=O)O/C(C#Cc1ccccc1)=C\[C@H](C)C(C)(C)O)C(C)C. The Morgan fingerprint density at radius 1 is 1.12 bits per heavy atom. The minimum atomic E-state index is -0.943. The zero-order valence-electron chi connectivity index (χ0n) is 16.9. The van der Waals surface area contributed by atoms with Crippen LogP contribution in [0.1, 0.15) is 54.0 Å². The summed E-state index contributed by atoms with van der Waals surface area (Å²) < 4.78 is 5.59. The maximum absolute atomic E-state index is 12.6. The van der Waals surface area contributed by atoms with Crippen LogP contribution in [0.2, 0.25) is 0 Å². The zero-order valence-corrected chi connectivity index (χ0v) is 16.9. The molecule has 1 N–H and O–H groups in total. The molecule has 1 rings (SSSR count). The van der Waals surface area contributed by atoms with Gasteiger partial charge < -0.3 is 14.7 Å². The van der Waals surface area contributed by atoms with Gasteiger partial charge in [0.25, 0.3) is 0 Å². The lowest BCUT2D eigenvalue weighted by Gasteiger charge is -2.30. The summed E-state index contributed by atoms with van der Waals surface area (Å²) in [4.78, 5) is 14.3.